The zero-order valence-corrected chi connectivity index (χ0v) is 19.0. The number of nitrogens with zero attached hydrogens (tertiary/aromatic N) is 2. The molecule has 2 aromatic heterocycles. The number of anilines is 2. The molecule has 1 amide bonds. The predicted octanol–water partition coefficient (Wildman–Crippen LogP) is 6.37. The number of aromatic nitrogens is 1. The molecule has 0 spiro atoms. The highest BCUT2D eigenvalue weighted by atomic mass is 35.5. The predicted molar refractivity (Wildman–Crippen MR) is 129 cm³/mol. The largest absolute Gasteiger partial charge is 0.497 e. The van der Waals surface area contributed by atoms with Gasteiger partial charge in [-0.3, -0.25) is 10.2 Å². The Hall–Kier alpha value is -3.27. The second kappa shape index (κ2) is 9.90. The number of ether oxygens (including phenoxy) is 1. The van der Waals surface area contributed by atoms with Gasteiger partial charge in [-0.25, -0.2) is 9.37 Å². The molecule has 0 radical (unpaired) electrons. The van der Waals surface area contributed by atoms with Crippen LogP contribution in [0.1, 0.15) is 15.9 Å². The zero-order valence-electron chi connectivity index (χ0n) is 16.6. The van der Waals surface area contributed by atoms with E-state index in [1.54, 1.807) is 37.4 Å². The molecule has 4 rings (SSSR count). The number of thiophene rings is 1. The quantitative estimate of drug-likeness (QED) is 0.235. The van der Waals surface area contributed by atoms with Crippen LogP contribution in [0.15, 0.2) is 65.1 Å². The number of hydrogen-bond donors (Lipinski definition) is 2. The van der Waals surface area contributed by atoms with Gasteiger partial charge in [0.2, 0.25) is 5.13 Å². The normalized spacial score (nSPS) is 11.0. The molecule has 0 atom stereocenters. The van der Waals surface area contributed by atoms with E-state index in [2.05, 4.69) is 20.8 Å². The number of amides is 1. The Morgan fingerprint density at radius 3 is 2.69 bits per heavy atom. The second-order valence-electron chi connectivity index (χ2n) is 6.36. The van der Waals surface area contributed by atoms with E-state index in [0.717, 1.165) is 4.88 Å². The van der Waals surface area contributed by atoms with Gasteiger partial charge in [0.1, 0.15) is 22.3 Å². The van der Waals surface area contributed by atoms with E-state index >= 15 is 0 Å². The average Bonchev–Trinajstić information content (AvgIpc) is 3.46. The van der Waals surface area contributed by atoms with Crippen LogP contribution in [0, 0.1) is 5.82 Å². The molecule has 0 saturated carbocycles. The molecule has 2 aromatic carbocycles. The summed E-state index contributed by atoms with van der Waals surface area (Å²) >= 11 is 8.74. The fourth-order valence-electron chi connectivity index (χ4n) is 2.74. The van der Waals surface area contributed by atoms with E-state index in [0.29, 0.717) is 27.1 Å². The lowest BCUT2D eigenvalue weighted by Gasteiger charge is -2.05. The minimum Gasteiger partial charge on any atom is -0.497 e. The molecular formula is C22H16ClFN4O2S2. The first-order chi connectivity index (χ1) is 15.5. The number of benzene rings is 2. The number of carbonyl (C=O) groups is 1. The summed E-state index contributed by atoms with van der Waals surface area (Å²) < 4.78 is 19.0. The van der Waals surface area contributed by atoms with Gasteiger partial charge in [-0.1, -0.05) is 35.1 Å². The standard InChI is InChI=1S/C22H16ClFN4O2S2/c1-30-14-9-7-13(8-10-14)20(29)27-21-19(18-6-3-11-31-18)26-22(32-21)28-25-12-15-16(23)4-2-5-17(15)24/h2-12H,1H3,(H,26,28)(H,27,29)/b25-12+. The van der Waals surface area contributed by atoms with Gasteiger partial charge >= 0.3 is 0 Å². The Morgan fingerprint density at radius 2 is 2.00 bits per heavy atom. The van der Waals surface area contributed by atoms with E-state index < -0.39 is 5.82 Å². The summed E-state index contributed by atoms with van der Waals surface area (Å²) in [6.07, 6.45) is 1.29. The van der Waals surface area contributed by atoms with Crippen molar-refractivity contribution in [3.05, 3.63) is 81.9 Å². The SMILES string of the molecule is COc1ccc(C(=O)Nc2sc(N/N=C/c3c(F)cccc3Cl)nc2-c2cccs2)cc1. The molecule has 6 nitrogen and oxygen atoms in total. The number of methoxy groups -OCH3 is 1. The van der Waals surface area contributed by atoms with Gasteiger partial charge in [-0.2, -0.15) is 5.10 Å². The number of hydrazone groups is 1. The Kier molecular flexibility index (Phi) is 6.79. The number of thiazole rings is 1. The van der Waals surface area contributed by atoms with Crippen molar-refractivity contribution < 1.29 is 13.9 Å². The smallest absolute Gasteiger partial charge is 0.256 e. The van der Waals surface area contributed by atoms with Crippen molar-refractivity contribution in [3.63, 3.8) is 0 Å². The van der Waals surface area contributed by atoms with Crippen molar-refractivity contribution in [1.29, 1.82) is 0 Å². The van der Waals surface area contributed by atoms with Crippen molar-refractivity contribution in [2.45, 2.75) is 0 Å². The van der Waals surface area contributed by atoms with E-state index in [9.17, 15) is 9.18 Å². The van der Waals surface area contributed by atoms with Crippen LogP contribution in [0.2, 0.25) is 5.02 Å². The Labute approximate surface area is 196 Å². The third-order valence-corrected chi connectivity index (χ3v) is 6.40. The number of rotatable bonds is 7. The number of carbonyl (C=O) groups excluding carboxylic acids is 1. The molecule has 32 heavy (non-hydrogen) atoms. The molecule has 0 aliphatic carbocycles. The molecule has 2 N–H and O–H groups in total. The van der Waals surface area contributed by atoms with Crippen molar-refractivity contribution in [2.75, 3.05) is 17.9 Å². The molecule has 0 fully saturated rings. The number of nitrogens with one attached hydrogen (secondary N) is 2. The zero-order chi connectivity index (χ0) is 22.5. The minimum atomic E-state index is -0.478. The first-order valence-corrected chi connectivity index (χ1v) is 11.4. The summed E-state index contributed by atoms with van der Waals surface area (Å²) in [5, 5.41) is 10.1. The lowest BCUT2D eigenvalue weighted by Crippen LogP contribution is -2.11. The summed E-state index contributed by atoms with van der Waals surface area (Å²) in [5.74, 6) is -0.0888. The third-order valence-electron chi connectivity index (χ3n) is 4.31. The number of hydrogen-bond acceptors (Lipinski definition) is 7. The van der Waals surface area contributed by atoms with Gasteiger partial charge in [0.15, 0.2) is 0 Å². The van der Waals surface area contributed by atoms with Gasteiger partial charge in [0.05, 0.1) is 23.2 Å². The highest BCUT2D eigenvalue weighted by Crippen LogP contribution is 2.38. The van der Waals surface area contributed by atoms with Crippen molar-refractivity contribution in [1.82, 2.24) is 4.98 Å². The van der Waals surface area contributed by atoms with Gasteiger partial charge in [0.25, 0.3) is 5.91 Å². The fraction of sp³-hybridized carbons (Fsp3) is 0.0455. The molecule has 0 aliphatic heterocycles. The lowest BCUT2D eigenvalue weighted by atomic mass is 10.2. The second-order valence-corrected chi connectivity index (χ2v) is 8.72. The third kappa shape index (κ3) is 4.96. The molecule has 0 saturated heterocycles. The summed E-state index contributed by atoms with van der Waals surface area (Å²) in [5.41, 5.74) is 4.06. The van der Waals surface area contributed by atoms with E-state index in [4.69, 9.17) is 16.3 Å². The van der Waals surface area contributed by atoms with Crippen LogP contribution in [-0.4, -0.2) is 24.2 Å². The van der Waals surface area contributed by atoms with Gasteiger partial charge in [-0.05, 0) is 47.8 Å². The Balaban J connectivity index is 1.56. The van der Waals surface area contributed by atoms with Crippen LogP contribution < -0.4 is 15.5 Å². The molecule has 0 unspecified atom stereocenters. The van der Waals surface area contributed by atoms with Crippen LogP contribution >= 0.6 is 34.3 Å². The van der Waals surface area contributed by atoms with E-state index in [1.165, 1.54) is 41.0 Å². The van der Waals surface area contributed by atoms with Crippen LogP contribution in [0.4, 0.5) is 14.5 Å². The highest BCUT2D eigenvalue weighted by Gasteiger charge is 2.17. The summed E-state index contributed by atoms with van der Waals surface area (Å²) in [7, 11) is 1.57. The monoisotopic (exact) mass is 486 g/mol. The fourth-order valence-corrected chi connectivity index (χ4v) is 4.56. The van der Waals surface area contributed by atoms with Gasteiger partial charge < -0.3 is 10.1 Å². The van der Waals surface area contributed by atoms with Crippen LogP contribution in [-0.2, 0) is 0 Å². The maximum absolute atomic E-state index is 13.9. The van der Waals surface area contributed by atoms with E-state index in [1.807, 2.05) is 17.5 Å². The van der Waals surface area contributed by atoms with Crippen molar-refractivity contribution >= 4 is 56.5 Å². The van der Waals surface area contributed by atoms with E-state index in [-0.39, 0.29) is 16.5 Å². The summed E-state index contributed by atoms with van der Waals surface area (Å²) in [6.45, 7) is 0. The summed E-state index contributed by atoms with van der Waals surface area (Å²) in [6, 6.07) is 15.0. The summed E-state index contributed by atoms with van der Waals surface area (Å²) in [4.78, 5) is 18.2. The molecule has 0 bridgehead atoms. The molecule has 2 heterocycles. The Morgan fingerprint density at radius 1 is 1.19 bits per heavy atom. The van der Waals surface area contributed by atoms with Crippen LogP contribution in [0.25, 0.3) is 10.6 Å². The first-order valence-electron chi connectivity index (χ1n) is 9.28. The van der Waals surface area contributed by atoms with Crippen LogP contribution in [0.3, 0.4) is 0 Å². The molecule has 4 aromatic rings. The minimum absolute atomic E-state index is 0.171. The first kappa shape index (κ1) is 21.9. The topological polar surface area (TPSA) is 75.6 Å². The van der Waals surface area contributed by atoms with Crippen molar-refractivity contribution in [3.8, 4) is 16.3 Å². The average molecular weight is 487 g/mol. The number of halogens is 2. The molecular weight excluding hydrogens is 471 g/mol. The Bertz CT molecular complexity index is 1240. The van der Waals surface area contributed by atoms with Gasteiger partial charge in [-0.15, -0.1) is 11.3 Å². The van der Waals surface area contributed by atoms with Gasteiger partial charge in [0, 0.05) is 11.1 Å². The molecule has 162 valence electrons. The molecule has 10 heteroatoms. The molecule has 0 aliphatic rings. The maximum Gasteiger partial charge on any atom is 0.256 e. The highest BCUT2D eigenvalue weighted by molar-refractivity contribution is 7.21. The van der Waals surface area contributed by atoms with Crippen molar-refractivity contribution in [2.24, 2.45) is 5.10 Å². The van der Waals surface area contributed by atoms with Crippen LogP contribution in [0.5, 0.6) is 5.75 Å². The maximum atomic E-state index is 13.9. The lowest BCUT2D eigenvalue weighted by molar-refractivity contribution is 0.102.